The Morgan fingerprint density at radius 1 is 1.23 bits per heavy atom. The van der Waals surface area contributed by atoms with Crippen molar-refractivity contribution in [1.29, 1.82) is 0 Å². The highest BCUT2D eigenvalue weighted by atomic mass is 16.6. The lowest BCUT2D eigenvalue weighted by molar-refractivity contribution is -0.159. The second kappa shape index (κ2) is 14.3. The third kappa shape index (κ3) is 14.8. The van der Waals surface area contributed by atoms with Gasteiger partial charge in [0.25, 0.3) is 0 Å². The van der Waals surface area contributed by atoms with Crippen molar-refractivity contribution >= 4 is 11.9 Å². The Bertz CT molecular complexity index is 347. The molecule has 1 N–H and O–H groups in total. The van der Waals surface area contributed by atoms with Crippen LogP contribution in [0.4, 0.5) is 0 Å². The van der Waals surface area contributed by atoms with Gasteiger partial charge in [0.1, 0.15) is 6.10 Å². The highest BCUT2D eigenvalue weighted by Crippen LogP contribution is 2.10. The number of ether oxygens (including phenoxy) is 2. The average molecular weight is 314 g/mol. The first kappa shape index (κ1) is 22.7. The lowest BCUT2D eigenvalue weighted by Crippen LogP contribution is -2.15. The van der Waals surface area contributed by atoms with Crippen molar-refractivity contribution in [2.24, 2.45) is 0 Å². The van der Waals surface area contributed by atoms with Gasteiger partial charge in [-0.2, -0.15) is 0 Å². The molecular formula is C17H30O5. The molecule has 0 aliphatic heterocycles. The van der Waals surface area contributed by atoms with Crippen LogP contribution in [0.2, 0.25) is 0 Å². The molecule has 0 aliphatic carbocycles. The molecule has 22 heavy (non-hydrogen) atoms. The first-order valence-electron chi connectivity index (χ1n) is 7.65. The largest absolute Gasteiger partial charge is 0.459 e. The van der Waals surface area contributed by atoms with E-state index >= 15 is 0 Å². The van der Waals surface area contributed by atoms with Gasteiger partial charge < -0.3 is 14.6 Å². The number of aliphatic hydroxyl groups is 1. The summed E-state index contributed by atoms with van der Waals surface area (Å²) in [5.74, 6) is -0.867. The number of hydrogen-bond acceptors (Lipinski definition) is 5. The number of aliphatic hydroxyl groups excluding tert-OH is 1. The Balaban J connectivity index is 0. The Labute approximate surface area is 134 Å². The third-order valence-electron chi connectivity index (χ3n) is 2.66. The van der Waals surface area contributed by atoms with Crippen LogP contribution in [0.25, 0.3) is 0 Å². The fraction of sp³-hybridized carbons (Fsp3) is 0.647. The molecule has 0 aliphatic rings. The van der Waals surface area contributed by atoms with Crippen LogP contribution in [0.1, 0.15) is 59.8 Å². The molecule has 2 unspecified atom stereocenters. The van der Waals surface area contributed by atoms with E-state index in [0.717, 1.165) is 19.3 Å². The van der Waals surface area contributed by atoms with E-state index in [1.165, 1.54) is 32.8 Å². The topological polar surface area (TPSA) is 72.8 Å². The summed E-state index contributed by atoms with van der Waals surface area (Å²) in [5, 5.41) is 8.49. The van der Waals surface area contributed by atoms with E-state index in [2.05, 4.69) is 24.8 Å². The fourth-order valence-electron chi connectivity index (χ4n) is 1.44. The normalized spacial score (nSPS) is 12.2. The minimum atomic E-state index is -1.05. The molecule has 5 nitrogen and oxygen atoms in total. The van der Waals surface area contributed by atoms with Crippen LogP contribution >= 0.6 is 0 Å². The summed E-state index contributed by atoms with van der Waals surface area (Å²) < 4.78 is 9.47. The summed E-state index contributed by atoms with van der Waals surface area (Å²) in [7, 11) is 0. The predicted molar refractivity (Wildman–Crippen MR) is 87.1 cm³/mol. The van der Waals surface area contributed by atoms with Crippen LogP contribution in [-0.4, -0.2) is 29.4 Å². The Morgan fingerprint density at radius 3 is 2.14 bits per heavy atom. The van der Waals surface area contributed by atoms with Crippen molar-refractivity contribution < 1.29 is 24.2 Å². The summed E-state index contributed by atoms with van der Waals surface area (Å²) >= 11 is 0. The van der Waals surface area contributed by atoms with E-state index < -0.39 is 12.3 Å². The van der Waals surface area contributed by atoms with E-state index in [4.69, 9.17) is 9.84 Å². The van der Waals surface area contributed by atoms with Crippen LogP contribution in [0, 0.1) is 0 Å². The molecular weight excluding hydrogens is 284 g/mol. The molecule has 128 valence electrons. The zero-order valence-corrected chi connectivity index (χ0v) is 14.3. The zero-order valence-electron chi connectivity index (χ0n) is 14.3. The molecule has 0 radical (unpaired) electrons. The SMILES string of the molecule is C=C(C)C(=O)OC(C)O.C=CC(=O)OC(CC)CCCCC. The van der Waals surface area contributed by atoms with Gasteiger partial charge in [-0.25, -0.2) is 9.59 Å². The van der Waals surface area contributed by atoms with Gasteiger partial charge in [-0.05, 0) is 33.1 Å². The molecule has 0 aromatic rings. The Kier molecular flexibility index (Phi) is 14.8. The van der Waals surface area contributed by atoms with Crippen molar-refractivity contribution in [2.45, 2.75) is 72.2 Å². The van der Waals surface area contributed by atoms with Crippen LogP contribution in [0.15, 0.2) is 24.8 Å². The molecule has 0 fully saturated rings. The van der Waals surface area contributed by atoms with Gasteiger partial charge in [-0.15, -0.1) is 0 Å². The average Bonchev–Trinajstić information content (AvgIpc) is 2.46. The van der Waals surface area contributed by atoms with E-state index in [9.17, 15) is 9.59 Å². The molecule has 5 heteroatoms. The molecule has 0 spiro atoms. The maximum atomic E-state index is 10.9. The number of esters is 2. The number of carbonyl (C=O) groups excluding carboxylic acids is 2. The number of rotatable bonds is 9. The molecule has 0 rings (SSSR count). The standard InChI is InChI=1S/C11H20O2.C6H10O3/c1-4-7-8-9-10(5-2)13-11(12)6-3;1-4(2)6(8)9-5(3)7/h6,10H,3-5,7-9H2,1-2H3;5,7H,1H2,2-3H3. The maximum absolute atomic E-state index is 10.9. The monoisotopic (exact) mass is 314 g/mol. The van der Waals surface area contributed by atoms with Gasteiger partial charge in [-0.1, -0.05) is 39.8 Å². The fourth-order valence-corrected chi connectivity index (χ4v) is 1.44. The van der Waals surface area contributed by atoms with Gasteiger partial charge in [0.2, 0.25) is 0 Å². The molecule has 0 saturated carbocycles. The van der Waals surface area contributed by atoms with E-state index in [-0.39, 0.29) is 17.6 Å². The van der Waals surface area contributed by atoms with Crippen molar-refractivity contribution in [3.63, 3.8) is 0 Å². The number of carbonyl (C=O) groups is 2. The molecule has 0 saturated heterocycles. The minimum Gasteiger partial charge on any atom is -0.459 e. The van der Waals surface area contributed by atoms with Crippen molar-refractivity contribution in [1.82, 2.24) is 0 Å². The number of hydrogen-bond donors (Lipinski definition) is 1. The molecule has 0 amide bonds. The first-order valence-corrected chi connectivity index (χ1v) is 7.65. The quantitative estimate of drug-likeness (QED) is 0.305. The molecule has 0 bridgehead atoms. The van der Waals surface area contributed by atoms with Gasteiger partial charge in [0, 0.05) is 11.6 Å². The second-order valence-electron chi connectivity index (χ2n) is 4.95. The van der Waals surface area contributed by atoms with Crippen LogP contribution < -0.4 is 0 Å². The van der Waals surface area contributed by atoms with Crippen LogP contribution in [-0.2, 0) is 19.1 Å². The molecule has 0 aromatic carbocycles. The van der Waals surface area contributed by atoms with Gasteiger partial charge >= 0.3 is 11.9 Å². The van der Waals surface area contributed by atoms with Crippen molar-refractivity contribution in [2.75, 3.05) is 0 Å². The Hall–Kier alpha value is -1.62. The lowest BCUT2D eigenvalue weighted by Gasteiger charge is -2.14. The third-order valence-corrected chi connectivity index (χ3v) is 2.66. The van der Waals surface area contributed by atoms with Crippen LogP contribution in [0.5, 0.6) is 0 Å². The summed E-state index contributed by atoms with van der Waals surface area (Å²) in [5.41, 5.74) is 0.288. The van der Waals surface area contributed by atoms with Crippen LogP contribution in [0.3, 0.4) is 0 Å². The lowest BCUT2D eigenvalue weighted by atomic mass is 10.1. The molecule has 0 aromatic heterocycles. The maximum Gasteiger partial charge on any atom is 0.335 e. The van der Waals surface area contributed by atoms with Gasteiger partial charge in [-0.3, -0.25) is 0 Å². The smallest absolute Gasteiger partial charge is 0.335 e. The highest BCUT2D eigenvalue weighted by molar-refractivity contribution is 5.86. The second-order valence-corrected chi connectivity index (χ2v) is 4.95. The zero-order chi connectivity index (χ0) is 17.5. The summed E-state index contributed by atoms with van der Waals surface area (Å²) in [4.78, 5) is 21.3. The van der Waals surface area contributed by atoms with E-state index in [0.29, 0.717) is 0 Å². The van der Waals surface area contributed by atoms with Crippen molar-refractivity contribution in [3.05, 3.63) is 24.8 Å². The highest BCUT2D eigenvalue weighted by Gasteiger charge is 2.09. The number of unbranched alkanes of at least 4 members (excludes halogenated alkanes) is 2. The van der Waals surface area contributed by atoms with Crippen molar-refractivity contribution in [3.8, 4) is 0 Å². The summed E-state index contributed by atoms with van der Waals surface area (Å²) in [6, 6.07) is 0. The van der Waals surface area contributed by atoms with E-state index in [1.54, 1.807) is 0 Å². The molecule has 0 heterocycles. The van der Waals surface area contributed by atoms with E-state index in [1.807, 2.05) is 6.92 Å². The van der Waals surface area contributed by atoms with Gasteiger partial charge in [0.15, 0.2) is 6.29 Å². The summed E-state index contributed by atoms with van der Waals surface area (Å²) in [6.07, 6.45) is 5.68. The minimum absolute atomic E-state index is 0.0806. The first-order chi connectivity index (χ1) is 10.3. The Morgan fingerprint density at radius 2 is 1.82 bits per heavy atom. The van der Waals surface area contributed by atoms with Gasteiger partial charge in [0.05, 0.1) is 0 Å². The predicted octanol–water partition coefficient (Wildman–Crippen LogP) is 3.52. The molecule has 2 atom stereocenters. The summed E-state index contributed by atoms with van der Waals surface area (Å²) in [6.45, 7) is 13.8.